The third kappa shape index (κ3) is 3.36. The molecular formula is C10H16N2S. The van der Waals surface area contributed by atoms with Crippen molar-refractivity contribution in [3.63, 3.8) is 0 Å². The molecule has 0 atom stereocenters. The van der Waals surface area contributed by atoms with Gasteiger partial charge in [0.15, 0.2) is 0 Å². The van der Waals surface area contributed by atoms with Crippen LogP contribution in [0.2, 0.25) is 0 Å². The first-order valence-corrected chi connectivity index (χ1v) is 5.74. The predicted octanol–water partition coefficient (Wildman–Crippen LogP) is 1.84. The maximum absolute atomic E-state index is 5.42. The number of thioether (sulfide) groups is 1. The van der Waals surface area contributed by atoms with Crippen molar-refractivity contribution in [2.45, 2.75) is 19.1 Å². The zero-order valence-electron chi connectivity index (χ0n) is 7.99. The van der Waals surface area contributed by atoms with Crippen LogP contribution in [-0.2, 0) is 12.2 Å². The Labute approximate surface area is 83.9 Å². The molecule has 0 fully saturated rings. The zero-order chi connectivity index (χ0) is 9.52. The van der Waals surface area contributed by atoms with Crippen LogP contribution < -0.4 is 5.73 Å². The van der Waals surface area contributed by atoms with Gasteiger partial charge in [-0.1, -0.05) is 13.0 Å². The highest BCUT2D eigenvalue weighted by Gasteiger charge is 2.00. The third-order valence-corrected chi connectivity index (χ3v) is 2.87. The highest BCUT2D eigenvalue weighted by Crippen LogP contribution is 2.13. The fourth-order valence-corrected chi connectivity index (χ4v) is 1.94. The summed E-state index contributed by atoms with van der Waals surface area (Å²) >= 11 is 1.85. The van der Waals surface area contributed by atoms with Gasteiger partial charge in [0, 0.05) is 24.2 Å². The van der Waals surface area contributed by atoms with E-state index in [1.165, 1.54) is 11.3 Å². The van der Waals surface area contributed by atoms with E-state index in [1.54, 1.807) is 0 Å². The molecule has 13 heavy (non-hydrogen) atoms. The first kappa shape index (κ1) is 10.5. The van der Waals surface area contributed by atoms with Gasteiger partial charge in [0.05, 0.1) is 5.69 Å². The Morgan fingerprint density at radius 1 is 1.54 bits per heavy atom. The Bertz CT molecular complexity index is 250. The minimum Gasteiger partial charge on any atom is -0.330 e. The zero-order valence-corrected chi connectivity index (χ0v) is 8.81. The fraction of sp³-hybridized carbons (Fsp3) is 0.500. The molecule has 0 aromatic carbocycles. The van der Waals surface area contributed by atoms with Gasteiger partial charge in [-0.05, 0) is 18.1 Å². The smallest absolute Gasteiger partial charge is 0.0534 e. The van der Waals surface area contributed by atoms with E-state index >= 15 is 0 Å². The van der Waals surface area contributed by atoms with Crippen molar-refractivity contribution in [3.8, 4) is 0 Å². The van der Waals surface area contributed by atoms with E-state index in [9.17, 15) is 0 Å². The molecule has 1 aromatic heterocycles. The first-order valence-electron chi connectivity index (χ1n) is 4.59. The molecule has 0 radical (unpaired) electrons. The Morgan fingerprint density at radius 3 is 3.08 bits per heavy atom. The molecule has 0 unspecified atom stereocenters. The van der Waals surface area contributed by atoms with E-state index < -0.39 is 0 Å². The summed E-state index contributed by atoms with van der Waals surface area (Å²) in [6.45, 7) is 2.91. The number of rotatable bonds is 5. The number of aromatic nitrogens is 1. The van der Waals surface area contributed by atoms with Crippen molar-refractivity contribution in [2.75, 3.05) is 12.3 Å². The molecule has 0 spiro atoms. The molecular weight excluding hydrogens is 180 g/mol. The summed E-state index contributed by atoms with van der Waals surface area (Å²) in [5, 5.41) is 0. The molecule has 1 aromatic rings. The van der Waals surface area contributed by atoms with Gasteiger partial charge in [-0.15, -0.1) is 0 Å². The Kier molecular flexibility index (Phi) is 4.86. The summed E-state index contributed by atoms with van der Waals surface area (Å²) < 4.78 is 0. The average Bonchev–Trinajstić information content (AvgIpc) is 2.19. The Balaban J connectivity index is 2.54. The summed E-state index contributed by atoms with van der Waals surface area (Å²) in [6, 6.07) is 4.14. The quantitative estimate of drug-likeness (QED) is 0.730. The van der Waals surface area contributed by atoms with Gasteiger partial charge < -0.3 is 5.73 Å². The van der Waals surface area contributed by atoms with Gasteiger partial charge in [0.1, 0.15) is 0 Å². The second kappa shape index (κ2) is 6.00. The summed E-state index contributed by atoms with van der Waals surface area (Å²) in [5.41, 5.74) is 7.99. The van der Waals surface area contributed by atoms with Crippen LogP contribution in [0.5, 0.6) is 0 Å². The van der Waals surface area contributed by atoms with E-state index in [1.807, 2.05) is 24.0 Å². The molecule has 2 nitrogen and oxygen atoms in total. The van der Waals surface area contributed by atoms with Crippen molar-refractivity contribution in [2.24, 2.45) is 5.73 Å². The summed E-state index contributed by atoms with van der Waals surface area (Å²) in [5.74, 6) is 2.00. The molecule has 0 saturated heterocycles. The Hall–Kier alpha value is -0.540. The van der Waals surface area contributed by atoms with Crippen LogP contribution in [0.25, 0.3) is 0 Å². The molecule has 0 bridgehead atoms. The van der Waals surface area contributed by atoms with E-state index in [2.05, 4.69) is 18.0 Å². The van der Waals surface area contributed by atoms with Crippen LogP contribution >= 0.6 is 11.8 Å². The molecule has 1 rings (SSSR count). The molecule has 0 aliphatic rings. The van der Waals surface area contributed by atoms with E-state index in [4.69, 9.17) is 5.73 Å². The molecule has 3 heteroatoms. The second-order valence-corrected chi connectivity index (χ2v) is 3.91. The van der Waals surface area contributed by atoms with Crippen molar-refractivity contribution < 1.29 is 0 Å². The lowest BCUT2D eigenvalue weighted by molar-refractivity contribution is 1.03. The SMILES string of the molecule is CCc1cccnc1CSCCN. The van der Waals surface area contributed by atoms with Crippen LogP contribution in [0, 0.1) is 0 Å². The van der Waals surface area contributed by atoms with Crippen molar-refractivity contribution in [1.82, 2.24) is 4.98 Å². The van der Waals surface area contributed by atoms with Crippen LogP contribution in [0.3, 0.4) is 0 Å². The molecule has 2 N–H and O–H groups in total. The van der Waals surface area contributed by atoms with Crippen LogP contribution in [0.4, 0.5) is 0 Å². The number of nitrogens with two attached hydrogens (primary N) is 1. The fourth-order valence-electron chi connectivity index (χ4n) is 1.18. The summed E-state index contributed by atoms with van der Waals surface area (Å²) in [4.78, 5) is 4.36. The molecule has 72 valence electrons. The standard InChI is InChI=1S/C10H16N2S/c1-2-9-4-3-6-12-10(9)8-13-7-5-11/h3-4,6H,2,5,7-8,11H2,1H3. The van der Waals surface area contributed by atoms with Crippen LogP contribution in [0.15, 0.2) is 18.3 Å². The minimum atomic E-state index is 0.749. The van der Waals surface area contributed by atoms with Crippen molar-refractivity contribution in [3.05, 3.63) is 29.6 Å². The lowest BCUT2D eigenvalue weighted by Crippen LogP contribution is -2.02. The number of nitrogens with zero attached hydrogens (tertiary/aromatic N) is 1. The largest absolute Gasteiger partial charge is 0.330 e. The Morgan fingerprint density at radius 2 is 2.38 bits per heavy atom. The van der Waals surface area contributed by atoms with Gasteiger partial charge >= 0.3 is 0 Å². The lowest BCUT2D eigenvalue weighted by atomic mass is 10.1. The van der Waals surface area contributed by atoms with Crippen molar-refractivity contribution >= 4 is 11.8 Å². The predicted molar refractivity (Wildman–Crippen MR) is 58.8 cm³/mol. The van der Waals surface area contributed by atoms with Gasteiger partial charge in [-0.3, -0.25) is 4.98 Å². The highest BCUT2D eigenvalue weighted by atomic mass is 32.2. The summed E-state index contributed by atoms with van der Waals surface area (Å²) in [7, 11) is 0. The molecule has 0 saturated carbocycles. The second-order valence-electron chi connectivity index (χ2n) is 2.80. The minimum absolute atomic E-state index is 0.749. The van der Waals surface area contributed by atoms with E-state index in [0.29, 0.717) is 0 Å². The molecule has 0 aliphatic heterocycles. The maximum atomic E-state index is 5.42. The lowest BCUT2D eigenvalue weighted by Gasteiger charge is -2.04. The van der Waals surface area contributed by atoms with Crippen molar-refractivity contribution in [1.29, 1.82) is 0 Å². The molecule has 0 amide bonds. The van der Waals surface area contributed by atoms with Crippen LogP contribution in [-0.4, -0.2) is 17.3 Å². The topological polar surface area (TPSA) is 38.9 Å². The van der Waals surface area contributed by atoms with Gasteiger partial charge in [-0.25, -0.2) is 0 Å². The molecule has 0 aliphatic carbocycles. The average molecular weight is 196 g/mol. The van der Waals surface area contributed by atoms with E-state index in [0.717, 1.165) is 24.5 Å². The van der Waals surface area contributed by atoms with Gasteiger partial charge in [0.2, 0.25) is 0 Å². The number of hydrogen-bond acceptors (Lipinski definition) is 3. The first-order chi connectivity index (χ1) is 6.38. The molecule has 1 heterocycles. The summed E-state index contributed by atoms with van der Waals surface area (Å²) in [6.07, 6.45) is 2.92. The maximum Gasteiger partial charge on any atom is 0.0534 e. The number of pyridine rings is 1. The number of hydrogen-bond donors (Lipinski definition) is 1. The monoisotopic (exact) mass is 196 g/mol. The van der Waals surface area contributed by atoms with Crippen LogP contribution in [0.1, 0.15) is 18.2 Å². The van der Waals surface area contributed by atoms with Gasteiger partial charge in [0.25, 0.3) is 0 Å². The van der Waals surface area contributed by atoms with Gasteiger partial charge in [-0.2, -0.15) is 11.8 Å². The highest BCUT2D eigenvalue weighted by molar-refractivity contribution is 7.98. The number of aryl methyl sites for hydroxylation is 1. The third-order valence-electron chi connectivity index (χ3n) is 1.87. The van der Waals surface area contributed by atoms with E-state index in [-0.39, 0.29) is 0 Å². The normalized spacial score (nSPS) is 10.3.